The minimum absolute atomic E-state index is 0.167. The third kappa shape index (κ3) is 4.68. The second-order valence-corrected chi connectivity index (χ2v) is 5.64. The average molecular weight is 291 g/mol. The van der Waals surface area contributed by atoms with Crippen LogP contribution in [-0.4, -0.2) is 23.2 Å². The van der Waals surface area contributed by atoms with Crippen LogP contribution in [0.15, 0.2) is 45.7 Å². The highest BCUT2D eigenvalue weighted by Gasteiger charge is 2.22. The van der Waals surface area contributed by atoms with E-state index in [2.05, 4.69) is 5.32 Å². The van der Waals surface area contributed by atoms with E-state index in [0.717, 1.165) is 5.56 Å². The van der Waals surface area contributed by atoms with Crippen LogP contribution in [0.3, 0.4) is 0 Å². The Morgan fingerprint density at radius 3 is 3.05 bits per heavy atom. The minimum atomic E-state index is -1.04. The lowest BCUT2D eigenvalue weighted by Crippen LogP contribution is -2.41. The second kappa shape index (κ2) is 6.54. The molecule has 0 aliphatic rings. The Balaban J connectivity index is 1.80. The first-order chi connectivity index (χ1) is 9.55. The van der Waals surface area contributed by atoms with Crippen LogP contribution in [0.4, 0.5) is 0 Å². The van der Waals surface area contributed by atoms with Gasteiger partial charge in [-0.25, -0.2) is 0 Å². The van der Waals surface area contributed by atoms with Crippen LogP contribution in [0.1, 0.15) is 18.2 Å². The Morgan fingerprint density at radius 2 is 2.40 bits per heavy atom. The first-order valence-electron chi connectivity index (χ1n) is 6.28. The predicted molar refractivity (Wildman–Crippen MR) is 79.4 cm³/mol. The van der Waals surface area contributed by atoms with Crippen molar-refractivity contribution in [3.8, 4) is 0 Å². The first-order valence-corrected chi connectivity index (χ1v) is 7.22. The number of hydrogen-bond acceptors (Lipinski definition) is 4. The van der Waals surface area contributed by atoms with Crippen molar-refractivity contribution in [1.29, 1.82) is 0 Å². The highest BCUT2D eigenvalue weighted by Crippen LogP contribution is 2.12. The summed E-state index contributed by atoms with van der Waals surface area (Å²) in [6, 6.07) is 5.50. The number of carbonyl (C=O) groups is 1. The van der Waals surface area contributed by atoms with Gasteiger partial charge in [0.2, 0.25) is 5.91 Å². The lowest BCUT2D eigenvalue weighted by Gasteiger charge is -2.22. The molecule has 0 aliphatic heterocycles. The largest absolute Gasteiger partial charge is 0.469 e. The summed E-state index contributed by atoms with van der Waals surface area (Å²) in [5.74, 6) is 0.467. The molecule has 2 heterocycles. The van der Waals surface area contributed by atoms with Gasteiger partial charge in [0.25, 0.3) is 0 Å². The van der Waals surface area contributed by atoms with Crippen molar-refractivity contribution in [1.82, 2.24) is 5.32 Å². The molecule has 1 amide bonds. The molecule has 2 rings (SSSR count). The molecule has 0 radical (unpaired) electrons. The summed E-state index contributed by atoms with van der Waals surface area (Å²) >= 11 is 1.58. The fraction of sp³-hybridized carbons (Fsp3) is 0.267. The molecule has 1 atom stereocenters. The van der Waals surface area contributed by atoms with Crippen molar-refractivity contribution >= 4 is 23.3 Å². The van der Waals surface area contributed by atoms with Crippen LogP contribution in [0.5, 0.6) is 0 Å². The summed E-state index contributed by atoms with van der Waals surface area (Å²) in [5.41, 5.74) is -0.0449. The number of furan rings is 1. The number of rotatable bonds is 6. The Bertz CT molecular complexity index is 556. The molecule has 0 aromatic carbocycles. The summed E-state index contributed by atoms with van der Waals surface area (Å²) in [4.78, 5) is 11.7. The average Bonchev–Trinajstić information content (AvgIpc) is 3.06. The summed E-state index contributed by atoms with van der Waals surface area (Å²) in [5, 5.41) is 16.8. The van der Waals surface area contributed by atoms with Crippen LogP contribution < -0.4 is 5.32 Å². The normalized spacial score (nSPS) is 14.3. The Morgan fingerprint density at radius 1 is 1.55 bits per heavy atom. The second-order valence-electron chi connectivity index (χ2n) is 4.86. The van der Waals surface area contributed by atoms with E-state index in [1.54, 1.807) is 42.7 Å². The molecule has 0 bridgehead atoms. The number of amides is 1. The maximum Gasteiger partial charge on any atom is 0.244 e. The maximum atomic E-state index is 11.7. The van der Waals surface area contributed by atoms with Gasteiger partial charge in [-0.15, -0.1) is 0 Å². The molecule has 106 valence electrons. The SMILES string of the molecule is CC(O)(CNC(=O)/C=C/c1ccsc1)Cc1ccco1. The van der Waals surface area contributed by atoms with Crippen LogP contribution in [-0.2, 0) is 11.2 Å². The summed E-state index contributed by atoms with van der Waals surface area (Å²) in [7, 11) is 0. The monoisotopic (exact) mass is 291 g/mol. The molecular formula is C15H17NO3S. The number of hydrogen-bond donors (Lipinski definition) is 2. The van der Waals surface area contributed by atoms with Crippen molar-refractivity contribution in [2.75, 3.05) is 6.54 Å². The highest BCUT2D eigenvalue weighted by atomic mass is 32.1. The van der Waals surface area contributed by atoms with E-state index < -0.39 is 5.60 Å². The zero-order valence-corrected chi connectivity index (χ0v) is 12.0. The highest BCUT2D eigenvalue weighted by molar-refractivity contribution is 7.08. The van der Waals surface area contributed by atoms with Crippen LogP contribution in [0.2, 0.25) is 0 Å². The molecule has 1 unspecified atom stereocenters. The van der Waals surface area contributed by atoms with E-state index in [4.69, 9.17) is 4.42 Å². The summed E-state index contributed by atoms with van der Waals surface area (Å²) in [6.45, 7) is 1.83. The van der Waals surface area contributed by atoms with Gasteiger partial charge in [0.1, 0.15) is 5.76 Å². The molecule has 0 saturated heterocycles. The van der Waals surface area contributed by atoms with Gasteiger partial charge in [-0.05, 0) is 47.5 Å². The van der Waals surface area contributed by atoms with Gasteiger partial charge in [0.05, 0.1) is 11.9 Å². The smallest absolute Gasteiger partial charge is 0.244 e. The van der Waals surface area contributed by atoms with E-state index in [1.807, 2.05) is 16.8 Å². The molecular weight excluding hydrogens is 274 g/mol. The lowest BCUT2D eigenvalue weighted by molar-refractivity contribution is -0.117. The van der Waals surface area contributed by atoms with Gasteiger partial charge < -0.3 is 14.8 Å². The van der Waals surface area contributed by atoms with Crippen molar-refractivity contribution in [3.63, 3.8) is 0 Å². The van der Waals surface area contributed by atoms with Crippen molar-refractivity contribution in [2.45, 2.75) is 18.9 Å². The van der Waals surface area contributed by atoms with Gasteiger partial charge in [-0.2, -0.15) is 11.3 Å². The van der Waals surface area contributed by atoms with Crippen LogP contribution in [0, 0.1) is 0 Å². The fourth-order valence-corrected chi connectivity index (χ4v) is 2.36. The molecule has 5 heteroatoms. The summed E-state index contributed by atoms with van der Waals surface area (Å²) < 4.78 is 5.19. The predicted octanol–water partition coefficient (Wildman–Crippen LogP) is 2.46. The molecule has 2 aromatic heterocycles. The third-order valence-electron chi connectivity index (χ3n) is 2.75. The Kier molecular flexibility index (Phi) is 4.76. The minimum Gasteiger partial charge on any atom is -0.469 e. The van der Waals surface area contributed by atoms with E-state index in [9.17, 15) is 9.90 Å². The lowest BCUT2D eigenvalue weighted by atomic mass is 10.0. The summed E-state index contributed by atoms with van der Waals surface area (Å²) in [6.07, 6.45) is 5.13. The number of aliphatic hydroxyl groups is 1. The van der Waals surface area contributed by atoms with Crippen LogP contribution >= 0.6 is 11.3 Å². The molecule has 0 spiro atoms. The first kappa shape index (κ1) is 14.6. The standard InChI is InChI=1S/C15H17NO3S/c1-15(18,9-13-3-2-7-19-13)11-16-14(17)5-4-12-6-8-20-10-12/h2-8,10,18H,9,11H2,1H3,(H,16,17)/b5-4+. The van der Waals surface area contributed by atoms with Gasteiger partial charge >= 0.3 is 0 Å². The molecule has 2 N–H and O–H groups in total. The Hall–Kier alpha value is -1.85. The molecule has 0 aliphatic carbocycles. The zero-order chi connectivity index (χ0) is 14.4. The van der Waals surface area contributed by atoms with Gasteiger partial charge in [-0.3, -0.25) is 4.79 Å². The number of carbonyl (C=O) groups excluding carboxylic acids is 1. The molecule has 0 fully saturated rings. The molecule has 20 heavy (non-hydrogen) atoms. The third-order valence-corrected chi connectivity index (χ3v) is 3.45. The molecule has 0 saturated carbocycles. The van der Waals surface area contributed by atoms with E-state index >= 15 is 0 Å². The topological polar surface area (TPSA) is 62.5 Å². The number of thiophene rings is 1. The molecule has 2 aromatic rings. The van der Waals surface area contributed by atoms with E-state index in [1.165, 1.54) is 6.08 Å². The van der Waals surface area contributed by atoms with E-state index in [0.29, 0.717) is 12.2 Å². The Labute approximate surface area is 121 Å². The van der Waals surface area contributed by atoms with Gasteiger partial charge in [-0.1, -0.05) is 0 Å². The van der Waals surface area contributed by atoms with E-state index in [-0.39, 0.29) is 12.5 Å². The van der Waals surface area contributed by atoms with Crippen molar-refractivity contribution in [2.24, 2.45) is 0 Å². The van der Waals surface area contributed by atoms with Crippen molar-refractivity contribution in [3.05, 3.63) is 52.6 Å². The maximum absolute atomic E-state index is 11.7. The van der Waals surface area contributed by atoms with Crippen molar-refractivity contribution < 1.29 is 14.3 Å². The van der Waals surface area contributed by atoms with Crippen LogP contribution in [0.25, 0.3) is 6.08 Å². The van der Waals surface area contributed by atoms with Gasteiger partial charge in [0, 0.05) is 19.0 Å². The quantitative estimate of drug-likeness (QED) is 0.804. The number of nitrogens with one attached hydrogen (secondary N) is 1. The van der Waals surface area contributed by atoms with Gasteiger partial charge in [0.15, 0.2) is 0 Å². The fourth-order valence-electron chi connectivity index (χ4n) is 1.73. The zero-order valence-electron chi connectivity index (χ0n) is 11.2. The molecule has 4 nitrogen and oxygen atoms in total.